The van der Waals surface area contributed by atoms with Gasteiger partial charge in [0.25, 0.3) is 0 Å². The molecule has 0 radical (unpaired) electrons. The highest BCUT2D eigenvalue weighted by Crippen LogP contribution is 2.38. The zero-order valence-corrected chi connectivity index (χ0v) is 12.7. The number of rotatable bonds is 2. The van der Waals surface area contributed by atoms with E-state index in [0.29, 0.717) is 29.9 Å². The van der Waals surface area contributed by atoms with Gasteiger partial charge in [0.05, 0.1) is 11.3 Å². The molecule has 1 aliphatic rings. The Balaban J connectivity index is 2.25. The molecule has 0 saturated carbocycles. The van der Waals surface area contributed by atoms with Crippen LogP contribution in [0.5, 0.6) is 0 Å². The van der Waals surface area contributed by atoms with E-state index in [4.69, 9.17) is 0 Å². The quantitative estimate of drug-likeness (QED) is 0.811. The third-order valence-electron chi connectivity index (χ3n) is 4.07. The zero-order valence-electron chi connectivity index (χ0n) is 12.7. The van der Waals surface area contributed by atoms with E-state index in [1.54, 1.807) is 0 Å². The average molecular weight is 315 g/mol. The van der Waals surface area contributed by atoms with Crippen molar-refractivity contribution in [1.29, 1.82) is 0 Å². The molecule has 3 rings (SSSR count). The number of halogens is 3. The summed E-state index contributed by atoms with van der Waals surface area (Å²) in [5, 5.41) is 3.01. The van der Waals surface area contributed by atoms with Crippen LogP contribution in [0.1, 0.15) is 24.5 Å². The van der Waals surface area contributed by atoms with Gasteiger partial charge in [-0.25, -0.2) is 13.2 Å². The Kier molecular flexibility index (Phi) is 3.99. The van der Waals surface area contributed by atoms with Crippen LogP contribution in [0.25, 0.3) is 11.3 Å². The fourth-order valence-electron chi connectivity index (χ4n) is 2.79. The Hall–Kier alpha value is -2.49. The van der Waals surface area contributed by atoms with Gasteiger partial charge in [-0.15, -0.1) is 0 Å². The van der Waals surface area contributed by atoms with Gasteiger partial charge < -0.3 is 5.32 Å². The highest BCUT2D eigenvalue weighted by Gasteiger charge is 2.26. The minimum absolute atomic E-state index is 0.125. The second-order valence-corrected chi connectivity index (χ2v) is 5.72. The van der Waals surface area contributed by atoms with Crippen LogP contribution in [0.3, 0.4) is 0 Å². The first kappa shape index (κ1) is 15.4. The number of hydrogen-bond donors (Lipinski definition) is 1. The van der Waals surface area contributed by atoms with Crippen LogP contribution in [0.4, 0.5) is 13.2 Å². The summed E-state index contributed by atoms with van der Waals surface area (Å²) in [6.45, 7) is 5.90. The Labute approximate surface area is 133 Å². The second-order valence-electron chi connectivity index (χ2n) is 5.72. The van der Waals surface area contributed by atoms with E-state index in [2.05, 4.69) is 11.9 Å². The third kappa shape index (κ3) is 2.89. The lowest BCUT2D eigenvalue weighted by molar-refractivity contribution is 0.535. The predicted octanol–water partition coefficient (Wildman–Crippen LogP) is 5.12. The van der Waals surface area contributed by atoms with E-state index in [1.165, 1.54) is 0 Å². The first-order chi connectivity index (χ1) is 11.0. The zero-order chi connectivity index (χ0) is 16.6. The predicted molar refractivity (Wildman–Crippen MR) is 85.6 cm³/mol. The van der Waals surface area contributed by atoms with Crippen molar-refractivity contribution >= 4 is 11.3 Å². The summed E-state index contributed by atoms with van der Waals surface area (Å²) in [6, 6.07) is 10.8. The standard InChI is InChI=1S/C19H16F3N/c1-11-8-15(13-6-4-3-5-7-13)19(23-12(11)2)18-16(21)9-14(20)10-17(18)22/h3-7,9-11,23H,2,8H2,1H3. The number of hydrogen-bond acceptors (Lipinski definition) is 1. The summed E-state index contributed by atoms with van der Waals surface area (Å²) in [4.78, 5) is 0. The van der Waals surface area contributed by atoms with Crippen molar-refractivity contribution < 1.29 is 13.2 Å². The maximum absolute atomic E-state index is 14.2. The van der Waals surface area contributed by atoms with Crippen LogP contribution in [-0.2, 0) is 0 Å². The lowest BCUT2D eigenvalue weighted by atomic mass is 9.86. The van der Waals surface area contributed by atoms with Crippen molar-refractivity contribution in [3.05, 3.63) is 83.3 Å². The molecule has 118 valence electrons. The highest BCUT2D eigenvalue weighted by atomic mass is 19.1. The monoisotopic (exact) mass is 315 g/mol. The molecular formula is C19H16F3N. The molecule has 1 atom stereocenters. The molecule has 1 N–H and O–H groups in total. The molecule has 0 bridgehead atoms. The lowest BCUT2D eigenvalue weighted by Gasteiger charge is -2.29. The maximum Gasteiger partial charge on any atom is 0.138 e. The van der Waals surface area contributed by atoms with Gasteiger partial charge in [-0.2, -0.15) is 0 Å². The van der Waals surface area contributed by atoms with Crippen LogP contribution in [0, 0.1) is 23.4 Å². The number of benzene rings is 2. The van der Waals surface area contributed by atoms with Crippen molar-refractivity contribution in [3.63, 3.8) is 0 Å². The Morgan fingerprint density at radius 2 is 1.65 bits per heavy atom. The maximum atomic E-state index is 14.2. The van der Waals surface area contributed by atoms with E-state index in [9.17, 15) is 13.2 Å². The van der Waals surface area contributed by atoms with Gasteiger partial charge in [0.15, 0.2) is 0 Å². The molecule has 1 unspecified atom stereocenters. The van der Waals surface area contributed by atoms with Crippen LogP contribution >= 0.6 is 0 Å². The highest BCUT2D eigenvalue weighted by molar-refractivity contribution is 5.92. The topological polar surface area (TPSA) is 12.0 Å². The summed E-state index contributed by atoms with van der Waals surface area (Å²) in [6.07, 6.45) is 0.599. The van der Waals surface area contributed by atoms with Crippen LogP contribution in [0.15, 0.2) is 54.7 Å². The molecule has 0 aromatic heterocycles. The largest absolute Gasteiger partial charge is 0.358 e. The van der Waals surface area contributed by atoms with E-state index in [-0.39, 0.29) is 11.5 Å². The van der Waals surface area contributed by atoms with Crippen molar-refractivity contribution in [2.45, 2.75) is 13.3 Å². The van der Waals surface area contributed by atoms with Crippen molar-refractivity contribution in [2.75, 3.05) is 0 Å². The molecule has 0 aliphatic carbocycles. The van der Waals surface area contributed by atoms with E-state index >= 15 is 0 Å². The van der Waals surface area contributed by atoms with Crippen LogP contribution in [0.2, 0.25) is 0 Å². The van der Waals surface area contributed by atoms with Crippen molar-refractivity contribution in [2.24, 2.45) is 5.92 Å². The SMILES string of the molecule is C=C1NC(c2c(F)cc(F)cc2F)=C(c2ccccc2)CC1C. The van der Waals surface area contributed by atoms with Gasteiger partial charge in [0.2, 0.25) is 0 Å². The summed E-state index contributed by atoms with van der Waals surface area (Å²) in [5.41, 5.74) is 2.41. The van der Waals surface area contributed by atoms with E-state index < -0.39 is 17.5 Å². The normalized spacial score (nSPS) is 18.1. The molecule has 2 aromatic carbocycles. The van der Waals surface area contributed by atoms with Crippen molar-refractivity contribution in [3.8, 4) is 0 Å². The fraction of sp³-hybridized carbons (Fsp3) is 0.158. The molecule has 0 spiro atoms. The van der Waals surface area contributed by atoms with E-state index in [1.807, 2.05) is 37.3 Å². The van der Waals surface area contributed by atoms with Gasteiger partial charge in [0.1, 0.15) is 17.5 Å². The molecular weight excluding hydrogens is 299 g/mol. The Morgan fingerprint density at radius 1 is 1.04 bits per heavy atom. The minimum Gasteiger partial charge on any atom is -0.358 e. The molecule has 0 fully saturated rings. The molecule has 2 aromatic rings. The summed E-state index contributed by atoms with van der Waals surface area (Å²) < 4.78 is 41.7. The van der Waals surface area contributed by atoms with Gasteiger partial charge >= 0.3 is 0 Å². The summed E-state index contributed by atoms with van der Waals surface area (Å²) in [5.74, 6) is -2.67. The fourth-order valence-corrected chi connectivity index (χ4v) is 2.79. The Morgan fingerprint density at radius 3 is 2.26 bits per heavy atom. The van der Waals surface area contributed by atoms with Gasteiger partial charge in [-0.05, 0) is 23.5 Å². The molecule has 0 amide bonds. The Bertz CT molecular complexity index is 771. The second kappa shape index (κ2) is 5.95. The lowest BCUT2D eigenvalue weighted by Crippen LogP contribution is -2.25. The number of allylic oxidation sites excluding steroid dienone is 2. The number of nitrogens with one attached hydrogen (secondary N) is 1. The van der Waals surface area contributed by atoms with Crippen LogP contribution < -0.4 is 5.32 Å². The van der Waals surface area contributed by atoms with Gasteiger partial charge in [0, 0.05) is 17.8 Å². The average Bonchev–Trinajstić information content (AvgIpc) is 2.50. The van der Waals surface area contributed by atoms with Crippen LogP contribution in [-0.4, -0.2) is 0 Å². The molecule has 1 nitrogen and oxygen atoms in total. The third-order valence-corrected chi connectivity index (χ3v) is 4.07. The first-order valence-electron chi connectivity index (χ1n) is 7.36. The smallest absolute Gasteiger partial charge is 0.138 e. The minimum atomic E-state index is -0.936. The first-order valence-corrected chi connectivity index (χ1v) is 7.36. The summed E-state index contributed by atoms with van der Waals surface area (Å²) >= 11 is 0. The van der Waals surface area contributed by atoms with E-state index in [0.717, 1.165) is 11.1 Å². The molecule has 4 heteroatoms. The molecule has 1 aliphatic heterocycles. The van der Waals surface area contributed by atoms with Gasteiger partial charge in [-0.1, -0.05) is 43.8 Å². The summed E-state index contributed by atoms with van der Waals surface area (Å²) in [7, 11) is 0. The molecule has 1 heterocycles. The molecule has 0 saturated heterocycles. The molecule has 23 heavy (non-hydrogen) atoms. The van der Waals surface area contributed by atoms with Gasteiger partial charge in [-0.3, -0.25) is 0 Å². The van der Waals surface area contributed by atoms with Crippen molar-refractivity contribution in [1.82, 2.24) is 5.32 Å².